The number of hydrogen-bond acceptors (Lipinski definition) is 5. The lowest BCUT2D eigenvalue weighted by atomic mass is 10.2. The van der Waals surface area contributed by atoms with E-state index < -0.39 is 0 Å². The fourth-order valence-electron chi connectivity index (χ4n) is 3.02. The molecule has 1 atom stereocenters. The van der Waals surface area contributed by atoms with Crippen molar-refractivity contribution < 1.29 is 9.47 Å². The Morgan fingerprint density at radius 2 is 1.96 bits per heavy atom. The largest absolute Gasteiger partial charge is 0.385 e. The van der Waals surface area contributed by atoms with Crippen molar-refractivity contribution in [2.24, 2.45) is 4.99 Å². The van der Waals surface area contributed by atoms with Gasteiger partial charge in [-0.2, -0.15) is 0 Å². The van der Waals surface area contributed by atoms with Gasteiger partial charge in [0.25, 0.3) is 0 Å². The van der Waals surface area contributed by atoms with E-state index in [9.17, 15) is 0 Å². The first-order valence-electron chi connectivity index (χ1n) is 9.06. The lowest BCUT2D eigenvalue weighted by Gasteiger charge is -2.25. The first-order chi connectivity index (χ1) is 11.7. The second-order valence-electron chi connectivity index (χ2n) is 6.35. The third kappa shape index (κ3) is 11.2. The monoisotopic (exact) mass is 471 g/mol. The van der Waals surface area contributed by atoms with Crippen LogP contribution >= 0.6 is 24.0 Å². The summed E-state index contributed by atoms with van der Waals surface area (Å²) in [6.07, 6.45) is 3.59. The maximum absolute atomic E-state index is 5.20. The molecule has 2 N–H and O–H groups in total. The third-order valence-electron chi connectivity index (χ3n) is 4.48. The lowest BCUT2D eigenvalue weighted by molar-refractivity contribution is 0.141. The minimum Gasteiger partial charge on any atom is -0.385 e. The Bertz CT molecular complexity index is 347. The van der Waals surface area contributed by atoms with Crippen LogP contribution in [0.25, 0.3) is 0 Å². The summed E-state index contributed by atoms with van der Waals surface area (Å²) in [7, 11) is 7.48. The van der Waals surface area contributed by atoms with Gasteiger partial charge in [0, 0.05) is 66.6 Å². The third-order valence-corrected chi connectivity index (χ3v) is 4.48. The van der Waals surface area contributed by atoms with Crippen LogP contribution < -0.4 is 10.6 Å². The van der Waals surface area contributed by atoms with Gasteiger partial charge >= 0.3 is 0 Å². The van der Waals surface area contributed by atoms with Gasteiger partial charge in [-0.3, -0.25) is 9.89 Å². The molecule has 1 rings (SSSR count). The molecule has 0 amide bonds. The highest BCUT2D eigenvalue weighted by molar-refractivity contribution is 14.0. The van der Waals surface area contributed by atoms with E-state index in [4.69, 9.17) is 9.47 Å². The molecule has 1 unspecified atom stereocenters. The fraction of sp³-hybridized carbons (Fsp3) is 0.941. The molecule has 0 radical (unpaired) electrons. The molecule has 150 valence electrons. The first-order valence-corrected chi connectivity index (χ1v) is 9.06. The predicted octanol–water partition coefficient (Wildman–Crippen LogP) is 0.849. The topological polar surface area (TPSA) is 61.4 Å². The molecule has 1 aliphatic rings. The van der Waals surface area contributed by atoms with Crippen LogP contribution in [0.3, 0.4) is 0 Å². The van der Waals surface area contributed by atoms with Crippen molar-refractivity contribution in [3.63, 3.8) is 0 Å². The average Bonchev–Trinajstić information content (AvgIpc) is 3.03. The standard InChI is InChI=1S/C17H37N5O2.HI/c1-18-17(19-8-11-21(2)9-6-13-23-3)20-15-16-7-5-10-22(16)12-14-24-4;/h16H,5-15H2,1-4H3,(H2,18,19,20);1H. The van der Waals surface area contributed by atoms with E-state index in [0.29, 0.717) is 6.04 Å². The van der Waals surface area contributed by atoms with Gasteiger partial charge in [0.05, 0.1) is 6.61 Å². The summed E-state index contributed by atoms with van der Waals surface area (Å²) >= 11 is 0. The summed E-state index contributed by atoms with van der Waals surface area (Å²) in [5, 5.41) is 6.86. The number of guanidine groups is 1. The van der Waals surface area contributed by atoms with E-state index in [2.05, 4.69) is 32.5 Å². The molecular weight excluding hydrogens is 433 g/mol. The molecule has 0 saturated carbocycles. The van der Waals surface area contributed by atoms with Crippen molar-refractivity contribution in [1.29, 1.82) is 0 Å². The molecule has 0 aromatic heterocycles. The summed E-state index contributed by atoms with van der Waals surface area (Å²) in [6, 6.07) is 0.579. The van der Waals surface area contributed by atoms with E-state index in [1.165, 1.54) is 19.4 Å². The molecule has 8 heteroatoms. The van der Waals surface area contributed by atoms with Crippen LogP contribution in [0.1, 0.15) is 19.3 Å². The molecule has 0 spiro atoms. The van der Waals surface area contributed by atoms with Gasteiger partial charge in [0.15, 0.2) is 5.96 Å². The van der Waals surface area contributed by atoms with Crippen molar-refractivity contribution in [1.82, 2.24) is 20.4 Å². The Morgan fingerprint density at radius 1 is 1.20 bits per heavy atom. The van der Waals surface area contributed by atoms with Gasteiger partial charge in [0.1, 0.15) is 0 Å². The van der Waals surface area contributed by atoms with Gasteiger partial charge < -0.3 is 25.0 Å². The summed E-state index contributed by atoms with van der Waals surface area (Å²) in [5.41, 5.74) is 0. The number of likely N-dealkylation sites (tertiary alicyclic amines) is 1. The Kier molecular flexibility index (Phi) is 15.9. The molecule has 0 aliphatic carbocycles. The van der Waals surface area contributed by atoms with Gasteiger partial charge in [-0.15, -0.1) is 24.0 Å². The second-order valence-corrected chi connectivity index (χ2v) is 6.35. The van der Waals surface area contributed by atoms with Gasteiger partial charge in [-0.25, -0.2) is 0 Å². The molecular formula is C17H38IN5O2. The average molecular weight is 471 g/mol. The molecule has 0 aromatic rings. The van der Waals surface area contributed by atoms with Crippen molar-refractivity contribution >= 4 is 29.9 Å². The maximum atomic E-state index is 5.20. The highest BCUT2D eigenvalue weighted by Crippen LogP contribution is 2.15. The molecule has 25 heavy (non-hydrogen) atoms. The molecule has 0 aromatic carbocycles. The number of nitrogens with zero attached hydrogens (tertiary/aromatic N) is 3. The van der Waals surface area contributed by atoms with Crippen LogP contribution in [0.15, 0.2) is 4.99 Å². The van der Waals surface area contributed by atoms with Crippen LogP contribution in [-0.2, 0) is 9.47 Å². The van der Waals surface area contributed by atoms with Crippen LogP contribution in [0.5, 0.6) is 0 Å². The predicted molar refractivity (Wildman–Crippen MR) is 115 cm³/mol. The van der Waals surface area contributed by atoms with E-state index in [1.54, 1.807) is 14.2 Å². The highest BCUT2D eigenvalue weighted by atomic mass is 127. The van der Waals surface area contributed by atoms with Crippen LogP contribution in [0, 0.1) is 0 Å². The summed E-state index contributed by atoms with van der Waals surface area (Å²) in [6.45, 7) is 7.69. The summed E-state index contributed by atoms with van der Waals surface area (Å²) in [4.78, 5) is 9.14. The maximum Gasteiger partial charge on any atom is 0.191 e. The van der Waals surface area contributed by atoms with Crippen molar-refractivity contribution in [2.75, 3.05) is 80.8 Å². The molecule has 0 bridgehead atoms. The van der Waals surface area contributed by atoms with Crippen LogP contribution in [0.4, 0.5) is 0 Å². The van der Waals surface area contributed by atoms with Gasteiger partial charge in [-0.1, -0.05) is 0 Å². The van der Waals surface area contributed by atoms with E-state index >= 15 is 0 Å². The minimum absolute atomic E-state index is 0. The lowest BCUT2D eigenvalue weighted by Crippen LogP contribution is -2.46. The minimum atomic E-state index is 0. The van der Waals surface area contributed by atoms with Crippen molar-refractivity contribution in [3.05, 3.63) is 0 Å². The fourth-order valence-corrected chi connectivity index (χ4v) is 3.02. The number of ether oxygens (including phenoxy) is 2. The zero-order valence-electron chi connectivity index (χ0n) is 16.4. The Hall–Kier alpha value is -0.160. The molecule has 1 heterocycles. The van der Waals surface area contributed by atoms with Crippen LogP contribution in [-0.4, -0.2) is 103 Å². The highest BCUT2D eigenvalue weighted by Gasteiger charge is 2.23. The number of methoxy groups -OCH3 is 2. The summed E-state index contributed by atoms with van der Waals surface area (Å²) < 4.78 is 10.3. The molecule has 7 nitrogen and oxygen atoms in total. The van der Waals surface area contributed by atoms with E-state index in [-0.39, 0.29) is 24.0 Å². The molecule has 1 aliphatic heterocycles. The Morgan fingerprint density at radius 3 is 2.64 bits per heavy atom. The Balaban J connectivity index is 0.00000576. The molecule has 1 saturated heterocycles. The second kappa shape index (κ2) is 16.0. The number of hydrogen-bond donors (Lipinski definition) is 2. The number of halogens is 1. The smallest absolute Gasteiger partial charge is 0.191 e. The van der Waals surface area contributed by atoms with Crippen LogP contribution in [0.2, 0.25) is 0 Å². The van der Waals surface area contributed by atoms with Crippen molar-refractivity contribution in [2.45, 2.75) is 25.3 Å². The number of aliphatic imine (C=N–C) groups is 1. The SMILES string of the molecule is CN=C(NCCN(C)CCCOC)NCC1CCCN1CCOC.I. The van der Waals surface area contributed by atoms with E-state index in [1.807, 2.05) is 7.05 Å². The molecule has 1 fully saturated rings. The van der Waals surface area contributed by atoms with Gasteiger partial charge in [0.2, 0.25) is 0 Å². The van der Waals surface area contributed by atoms with E-state index in [0.717, 1.165) is 58.3 Å². The van der Waals surface area contributed by atoms with Gasteiger partial charge in [-0.05, 0) is 32.9 Å². The quantitative estimate of drug-likeness (QED) is 0.191. The summed E-state index contributed by atoms with van der Waals surface area (Å²) in [5.74, 6) is 0.888. The zero-order chi connectivity index (χ0) is 17.6. The first kappa shape index (κ1) is 24.8. The number of likely N-dealkylation sites (N-methyl/N-ethyl adjacent to an activating group) is 1. The number of nitrogens with one attached hydrogen (secondary N) is 2. The van der Waals surface area contributed by atoms with Crippen molar-refractivity contribution in [3.8, 4) is 0 Å². The normalized spacial score (nSPS) is 18.4. The number of rotatable bonds is 12. The Labute approximate surface area is 170 Å². The zero-order valence-corrected chi connectivity index (χ0v) is 18.8.